The molecule has 2 rings (SSSR count). The van der Waals surface area contributed by atoms with Crippen molar-refractivity contribution in [2.24, 2.45) is 11.7 Å². The highest BCUT2D eigenvalue weighted by Gasteiger charge is 2.19. The standard InChI is InChI=1S/C12H20N4/c1-2-11-5-6-12(15-14-11)16-7-3-4-10(8-13)9-16/h5-6,10H,2-4,7-9,13H2,1H3. The number of nitrogens with two attached hydrogens (primary N) is 1. The van der Waals surface area contributed by atoms with E-state index in [1.54, 1.807) is 0 Å². The van der Waals surface area contributed by atoms with Gasteiger partial charge in [0.25, 0.3) is 0 Å². The minimum atomic E-state index is 0.612. The maximum atomic E-state index is 5.73. The Kier molecular flexibility index (Phi) is 3.72. The van der Waals surface area contributed by atoms with Gasteiger partial charge in [-0.15, -0.1) is 5.10 Å². The lowest BCUT2D eigenvalue weighted by atomic mass is 9.98. The van der Waals surface area contributed by atoms with Crippen LogP contribution in [-0.2, 0) is 6.42 Å². The Bertz CT molecular complexity index is 322. The summed E-state index contributed by atoms with van der Waals surface area (Å²) in [4.78, 5) is 2.30. The van der Waals surface area contributed by atoms with Gasteiger partial charge in [0.2, 0.25) is 0 Å². The molecule has 1 saturated heterocycles. The van der Waals surface area contributed by atoms with Gasteiger partial charge in [0.05, 0.1) is 5.69 Å². The van der Waals surface area contributed by atoms with Gasteiger partial charge in [-0.2, -0.15) is 5.10 Å². The number of rotatable bonds is 3. The summed E-state index contributed by atoms with van der Waals surface area (Å²) < 4.78 is 0. The molecule has 0 amide bonds. The van der Waals surface area contributed by atoms with E-state index in [0.717, 1.165) is 37.6 Å². The largest absolute Gasteiger partial charge is 0.355 e. The Balaban J connectivity index is 2.05. The minimum Gasteiger partial charge on any atom is -0.355 e. The Labute approximate surface area is 96.9 Å². The van der Waals surface area contributed by atoms with Gasteiger partial charge in [-0.05, 0) is 43.9 Å². The molecule has 0 spiro atoms. The van der Waals surface area contributed by atoms with Gasteiger partial charge in [0, 0.05) is 13.1 Å². The molecule has 88 valence electrons. The quantitative estimate of drug-likeness (QED) is 0.832. The van der Waals surface area contributed by atoms with Gasteiger partial charge in [0.15, 0.2) is 5.82 Å². The molecule has 0 aliphatic carbocycles. The zero-order chi connectivity index (χ0) is 11.4. The van der Waals surface area contributed by atoms with Crippen LogP contribution < -0.4 is 10.6 Å². The molecular weight excluding hydrogens is 200 g/mol. The summed E-state index contributed by atoms with van der Waals surface area (Å²) in [5.74, 6) is 1.61. The molecule has 2 heterocycles. The SMILES string of the molecule is CCc1ccc(N2CCCC(CN)C2)nn1. The summed E-state index contributed by atoms with van der Waals surface area (Å²) in [6.45, 7) is 4.97. The van der Waals surface area contributed by atoms with Gasteiger partial charge in [-0.1, -0.05) is 6.92 Å². The predicted octanol–water partition coefficient (Wildman–Crippen LogP) is 1.21. The first-order chi connectivity index (χ1) is 7.83. The van der Waals surface area contributed by atoms with Crippen molar-refractivity contribution in [3.05, 3.63) is 17.8 Å². The summed E-state index contributed by atoms with van der Waals surface area (Å²) in [5.41, 5.74) is 6.78. The lowest BCUT2D eigenvalue weighted by Crippen LogP contribution is -2.38. The van der Waals surface area contributed by atoms with E-state index in [0.29, 0.717) is 5.92 Å². The zero-order valence-electron chi connectivity index (χ0n) is 9.89. The highest BCUT2D eigenvalue weighted by atomic mass is 15.3. The summed E-state index contributed by atoms with van der Waals surface area (Å²) in [5, 5.41) is 8.48. The molecule has 1 atom stereocenters. The number of piperidine rings is 1. The second kappa shape index (κ2) is 5.25. The monoisotopic (exact) mass is 220 g/mol. The van der Waals surface area contributed by atoms with Crippen LogP contribution in [0.4, 0.5) is 5.82 Å². The summed E-state index contributed by atoms with van der Waals surface area (Å²) >= 11 is 0. The number of hydrogen-bond acceptors (Lipinski definition) is 4. The van der Waals surface area contributed by atoms with E-state index in [1.807, 2.05) is 0 Å². The van der Waals surface area contributed by atoms with E-state index in [-0.39, 0.29) is 0 Å². The fourth-order valence-electron chi connectivity index (χ4n) is 2.18. The third kappa shape index (κ3) is 2.50. The Hall–Kier alpha value is -1.16. The summed E-state index contributed by atoms with van der Waals surface area (Å²) in [6.07, 6.45) is 3.39. The Morgan fingerprint density at radius 2 is 2.31 bits per heavy atom. The van der Waals surface area contributed by atoms with Crippen LogP contribution in [0.25, 0.3) is 0 Å². The average Bonchev–Trinajstić information content (AvgIpc) is 2.39. The molecule has 1 aliphatic rings. The van der Waals surface area contributed by atoms with Gasteiger partial charge >= 0.3 is 0 Å². The fraction of sp³-hybridized carbons (Fsp3) is 0.667. The van der Waals surface area contributed by atoms with Crippen molar-refractivity contribution in [1.82, 2.24) is 10.2 Å². The van der Waals surface area contributed by atoms with Crippen molar-refractivity contribution >= 4 is 5.82 Å². The van der Waals surface area contributed by atoms with Crippen LogP contribution in [-0.4, -0.2) is 29.8 Å². The molecular formula is C12H20N4. The molecule has 4 nitrogen and oxygen atoms in total. The highest BCUT2D eigenvalue weighted by molar-refractivity contribution is 5.37. The fourth-order valence-corrected chi connectivity index (χ4v) is 2.18. The second-order valence-corrected chi connectivity index (χ2v) is 4.43. The molecule has 1 aromatic heterocycles. The molecule has 1 aliphatic heterocycles. The van der Waals surface area contributed by atoms with Crippen LogP contribution in [0.1, 0.15) is 25.5 Å². The summed E-state index contributed by atoms with van der Waals surface area (Å²) in [7, 11) is 0. The van der Waals surface area contributed by atoms with E-state index in [1.165, 1.54) is 12.8 Å². The van der Waals surface area contributed by atoms with E-state index in [4.69, 9.17) is 5.73 Å². The van der Waals surface area contributed by atoms with Crippen molar-refractivity contribution in [3.8, 4) is 0 Å². The van der Waals surface area contributed by atoms with Crippen LogP contribution in [0.15, 0.2) is 12.1 Å². The van der Waals surface area contributed by atoms with Gasteiger partial charge in [-0.25, -0.2) is 0 Å². The minimum absolute atomic E-state index is 0.612. The van der Waals surface area contributed by atoms with Crippen LogP contribution in [0.2, 0.25) is 0 Å². The van der Waals surface area contributed by atoms with Crippen molar-refractivity contribution in [2.45, 2.75) is 26.2 Å². The number of anilines is 1. The first-order valence-electron chi connectivity index (χ1n) is 6.11. The van der Waals surface area contributed by atoms with Crippen molar-refractivity contribution < 1.29 is 0 Å². The molecule has 4 heteroatoms. The van der Waals surface area contributed by atoms with E-state index in [2.05, 4.69) is 34.2 Å². The van der Waals surface area contributed by atoms with Crippen LogP contribution in [0.5, 0.6) is 0 Å². The molecule has 0 radical (unpaired) electrons. The van der Waals surface area contributed by atoms with E-state index >= 15 is 0 Å². The van der Waals surface area contributed by atoms with Crippen LogP contribution in [0, 0.1) is 5.92 Å². The molecule has 1 fully saturated rings. The second-order valence-electron chi connectivity index (χ2n) is 4.43. The van der Waals surface area contributed by atoms with Crippen molar-refractivity contribution in [2.75, 3.05) is 24.5 Å². The highest BCUT2D eigenvalue weighted by Crippen LogP contribution is 2.20. The van der Waals surface area contributed by atoms with Gasteiger partial charge in [-0.3, -0.25) is 0 Å². The van der Waals surface area contributed by atoms with Crippen molar-refractivity contribution in [3.63, 3.8) is 0 Å². The number of aromatic nitrogens is 2. The molecule has 0 aromatic carbocycles. The van der Waals surface area contributed by atoms with E-state index in [9.17, 15) is 0 Å². The molecule has 1 aromatic rings. The van der Waals surface area contributed by atoms with E-state index < -0.39 is 0 Å². The van der Waals surface area contributed by atoms with Crippen molar-refractivity contribution in [1.29, 1.82) is 0 Å². The number of nitrogens with zero attached hydrogens (tertiary/aromatic N) is 3. The van der Waals surface area contributed by atoms with Crippen LogP contribution >= 0.6 is 0 Å². The molecule has 16 heavy (non-hydrogen) atoms. The third-order valence-corrected chi connectivity index (χ3v) is 3.24. The predicted molar refractivity (Wildman–Crippen MR) is 65.4 cm³/mol. The molecule has 0 saturated carbocycles. The lowest BCUT2D eigenvalue weighted by molar-refractivity contribution is 0.421. The number of aryl methyl sites for hydroxylation is 1. The Morgan fingerprint density at radius 3 is 2.94 bits per heavy atom. The Morgan fingerprint density at radius 1 is 1.44 bits per heavy atom. The molecule has 1 unspecified atom stereocenters. The topological polar surface area (TPSA) is 55.0 Å². The lowest BCUT2D eigenvalue weighted by Gasteiger charge is -2.32. The first-order valence-corrected chi connectivity index (χ1v) is 6.11. The molecule has 2 N–H and O–H groups in total. The summed E-state index contributed by atoms with van der Waals surface area (Å²) in [6, 6.07) is 4.14. The first kappa shape index (κ1) is 11.3. The third-order valence-electron chi connectivity index (χ3n) is 3.24. The maximum absolute atomic E-state index is 5.73. The normalized spacial score (nSPS) is 21.1. The zero-order valence-corrected chi connectivity index (χ0v) is 9.89. The van der Waals surface area contributed by atoms with Gasteiger partial charge < -0.3 is 10.6 Å². The average molecular weight is 220 g/mol. The van der Waals surface area contributed by atoms with Crippen LogP contribution in [0.3, 0.4) is 0 Å². The maximum Gasteiger partial charge on any atom is 0.151 e. The van der Waals surface area contributed by atoms with Gasteiger partial charge in [0.1, 0.15) is 0 Å². The molecule has 0 bridgehead atoms. The number of hydrogen-bond donors (Lipinski definition) is 1. The smallest absolute Gasteiger partial charge is 0.151 e.